The molecule has 1 amide bonds. The Bertz CT molecular complexity index is 558. The first-order chi connectivity index (χ1) is 10.5. The van der Waals surface area contributed by atoms with E-state index in [-0.39, 0.29) is 41.4 Å². The molecule has 120 valence electrons. The second-order valence-corrected chi connectivity index (χ2v) is 5.84. The monoisotopic (exact) mass is 326 g/mol. The number of aliphatic hydroxyl groups is 1. The number of halogens is 1. The van der Waals surface area contributed by atoms with E-state index in [1.54, 1.807) is 4.90 Å². The Labute approximate surface area is 133 Å². The highest BCUT2D eigenvalue weighted by molar-refractivity contribution is 6.34. The van der Waals surface area contributed by atoms with Gasteiger partial charge in [-0.25, -0.2) is 0 Å². The Kier molecular flexibility index (Phi) is 5.74. The van der Waals surface area contributed by atoms with Gasteiger partial charge in [-0.15, -0.1) is 0 Å². The number of hydrogen-bond donors (Lipinski definition) is 1. The average Bonchev–Trinajstić information content (AvgIpc) is 2.52. The predicted molar refractivity (Wildman–Crippen MR) is 83.1 cm³/mol. The van der Waals surface area contributed by atoms with Crippen molar-refractivity contribution in [3.8, 4) is 0 Å². The zero-order valence-electron chi connectivity index (χ0n) is 12.2. The minimum atomic E-state index is -0.549. The normalized spacial score (nSPS) is 15.5. The second-order valence-electron chi connectivity index (χ2n) is 5.44. The van der Waals surface area contributed by atoms with Gasteiger partial charge in [-0.3, -0.25) is 14.9 Å². The minimum absolute atomic E-state index is 0.0675. The molecule has 0 unspecified atom stereocenters. The molecule has 1 N–H and O–H groups in total. The van der Waals surface area contributed by atoms with Gasteiger partial charge >= 0.3 is 0 Å². The number of benzene rings is 1. The Morgan fingerprint density at radius 1 is 1.36 bits per heavy atom. The highest BCUT2D eigenvalue weighted by Gasteiger charge is 2.27. The summed E-state index contributed by atoms with van der Waals surface area (Å²) in [5, 5.41) is 20.0. The Hall–Kier alpha value is -1.66. The van der Waals surface area contributed by atoms with Crippen LogP contribution in [0.2, 0.25) is 5.02 Å². The van der Waals surface area contributed by atoms with Gasteiger partial charge in [0.05, 0.1) is 22.1 Å². The van der Waals surface area contributed by atoms with Crippen molar-refractivity contribution in [2.45, 2.75) is 38.1 Å². The summed E-state index contributed by atoms with van der Waals surface area (Å²) < 4.78 is 0. The largest absolute Gasteiger partial charge is 0.395 e. The Morgan fingerprint density at radius 3 is 2.59 bits per heavy atom. The minimum Gasteiger partial charge on any atom is -0.395 e. The number of nitro benzene ring substituents is 1. The lowest BCUT2D eigenvalue weighted by Gasteiger charge is -2.34. The van der Waals surface area contributed by atoms with E-state index >= 15 is 0 Å². The van der Waals surface area contributed by atoms with Crippen LogP contribution in [-0.4, -0.2) is 40.0 Å². The van der Waals surface area contributed by atoms with Gasteiger partial charge in [-0.1, -0.05) is 30.9 Å². The van der Waals surface area contributed by atoms with E-state index in [1.165, 1.54) is 18.2 Å². The molecule has 1 fully saturated rings. The number of nitrogens with zero attached hydrogens (tertiary/aromatic N) is 2. The molecular formula is C15H19ClN2O4. The number of aliphatic hydroxyl groups excluding tert-OH is 1. The molecule has 0 aromatic heterocycles. The van der Waals surface area contributed by atoms with Crippen molar-refractivity contribution in [2.24, 2.45) is 0 Å². The second kappa shape index (κ2) is 7.56. The van der Waals surface area contributed by atoms with Crippen LogP contribution in [0.25, 0.3) is 0 Å². The fourth-order valence-corrected chi connectivity index (χ4v) is 3.15. The summed E-state index contributed by atoms with van der Waals surface area (Å²) in [5.74, 6) is -0.277. The molecule has 0 spiro atoms. The topological polar surface area (TPSA) is 83.7 Å². The number of rotatable bonds is 5. The first kappa shape index (κ1) is 16.7. The lowest BCUT2D eigenvalue weighted by molar-refractivity contribution is -0.384. The summed E-state index contributed by atoms with van der Waals surface area (Å²) in [7, 11) is 0. The summed E-state index contributed by atoms with van der Waals surface area (Å²) >= 11 is 6.04. The van der Waals surface area contributed by atoms with Gasteiger partial charge < -0.3 is 10.0 Å². The van der Waals surface area contributed by atoms with Crippen LogP contribution in [0.4, 0.5) is 5.69 Å². The molecular weight excluding hydrogens is 308 g/mol. The molecule has 0 saturated heterocycles. The number of amides is 1. The molecule has 0 aliphatic heterocycles. The smallest absolute Gasteiger partial charge is 0.270 e. The maximum atomic E-state index is 12.7. The van der Waals surface area contributed by atoms with Crippen LogP contribution >= 0.6 is 11.6 Å². The highest BCUT2D eigenvalue weighted by atomic mass is 35.5. The van der Waals surface area contributed by atoms with Gasteiger partial charge in [0.1, 0.15) is 0 Å². The maximum absolute atomic E-state index is 12.7. The number of nitro groups is 1. The first-order valence-corrected chi connectivity index (χ1v) is 7.78. The molecule has 1 aromatic carbocycles. The molecule has 0 radical (unpaired) electrons. The third-order valence-electron chi connectivity index (χ3n) is 4.01. The summed E-state index contributed by atoms with van der Waals surface area (Å²) in [6.07, 6.45) is 5.12. The first-order valence-electron chi connectivity index (χ1n) is 7.40. The van der Waals surface area contributed by atoms with Crippen molar-refractivity contribution in [2.75, 3.05) is 13.2 Å². The van der Waals surface area contributed by atoms with Gasteiger partial charge in [0.25, 0.3) is 11.6 Å². The van der Waals surface area contributed by atoms with E-state index in [9.17, 15) is 20.0 Å². The zero-order valence-corrected chi connectivity index (χ0v) is 13.0. The van der Waals surface area contributed by atoms with Crippen molar-refractivity contribution in [1.82, 2.24) is 4.90 Å². The van der Waals surface area contributed by atoms with E-state index in [4.69, 9.17) is 11.6 Å². The molecule has 7 heteroatoms. The van der Waals surface area contributed by atoms with Gasteiger partial charge in [-0.05, 0) is 18.9 Å². The maximum Gasteiger partial charge on any atom is 0.270 e. The van der Waals surface area contributed by atoms with Gasteiger partial charge in [0, 0.05) is 24.7 Å². The number of hydrogen-bond acceptors (Lipinski definition) is 4. The van der Waals surface area contributed by atoms with Crippen molar-refractivity contribution in [3.63, 3.8) is 0 Å². The van der Waals surface area contributed by atoms with E-state index in [1.807, 2.05) is 0 Å². The molecule has 0 atom stereocenters. The number of carbonyl (C=O) groups excluding carboxylic acids is 1. The highest BCUT2D eigenvalue weighted by Crippen LogP contribution is 2.27. The molecule has 2 rings (SSSR count). The standard InChI is InChI=1S/C15H19ClN2O4/c16-14-10-12(18(21)22)6-7-13(14)15(20)17(8-9-19)11-4-2-1-3-5-11/h6-7,10-11,19H,1-5,8-9H2. The van der Waals surface area contributed by atoms with Crippen LogP contribution in [0.1, 0.15) is 42.5 Å². The lowest BCUT2D eigenvalue weighted by atomic mass is 9.93. The van der Waals surface area contributed by atoms with Crippen LogP contribution < -0.4 is 0 Å². The van der Waals surface area contributed by atoms with E-state index in [0.29, 0.717) is 0 Å². The van der Waals surface area contributed by atoms with Crippen LogP contribution in [0.15, 0.2) is 18.2 Å². The number of carbonyl (C=O) groups is 1. The fraction of sp³-hybridized carbons (Fsp3) is 0.533. The third kappa shape index (κ3) is 3.75. The molecule has 1 aliphatic carbocycles. The van der Waals surface area contributed by atoms with Crippen LogP contribution in [0, 0.1) is 10.1 Å². The summed E-state index contributed by atoms with van der Waals surface area (Å²) in [6, 6.07) is 3.94. The van der Waals surface area contributed by atoms with E-state index in [0.717, 1.165) is 32.1 Å². The van der Waals surface area contributed by atoms with E-state index in [2.05, 4.69) is 0 Å². The van der Waals surface area contributed by atoms with Crippen LogP contribution in [0.3, 0.4) is 0 Å². The average molecular weight is 327 g/mol. The Balaban J connectivity index is 2.24. The molecule has 6 nitrogen and oxygen atoms in total. The van der Waals surface area contributed by atoms with Crippen molar-refractivity contribution >= 4 is 23.2 Å². The van der Waals surface area contributed by atoms with Gasteiger partial charge in [0.2, 0.25) is 0 Å². The predicted octanol–water partition coefficient (Wildman–Crippen LogP) is 3.02. The molecule has 0 bridgehead atoms. The van der Waals surface area contributed by atoms with Crippen LogP contribution in [0.5, 0.6) is 0 Å². The van der Waals surface area contributed by atoms with Crippen LogP contribution in [-0.2, 0) is 0 Å². The molecule has 1 aromatic rings. The fourth-order valence-electron chi connectivity index (χ4n) is 2.90. The van der Waals surface area contributed by atoms with Crippen molar-refractivity contribution in [1.29, 1.82) is 0 Å². The van der Waals surface area contributed by atoms with E-state index < -0.39 is 4.92 Å². The summed E-state index contributed by atoms with van der Waals surface area (Å²) in [6.45, 7) is 0.129. The lowest BCUT2D eigenvalue weighted by Crippen LogP contribution is -2.43. The SMILES string of the molecule is O=C(c1ccc([N+](=O)[O-])cc1Cl)N(CCO)C1CCCCC1. The summed E-state index contributed by atoms with van der Waals surface area (Å²) in [5.41, 5.74) is 0.0965. The van der Waals surface area contributed by atoms with Gasteiger partial charge in [0.15, 0.2) is 0 Å². The zero-order chi connectivity index (χ0) is 16.1. The Morgan fingerprint density at radius 2 is 2.05 bits per heavy atom. The van der Waals surface area contributed by atoms with Crippen molar-refractivity contribution < 1.29 is 14.8 Å². The van der Waals surface area contributed by atoms with Gasteiger partial charge in [-0.2, -0.15) is 0 Å². The third-order valence-corrected chi connectivity index (χ3v) is 4.32. The number of non-ortho nitro benzene ring substituents is 1. The molecule has 0 heterocycles. The summed E-state index contributed by atoms with van der Waals surface area (Å²) in [4.78, 5) is 24.5. The quantitative estimate of drug-likeness (QED) is 0.666. The van der Waals surface area contributed by atoms with Crippen molar-refractivity contribution in [3.05, 3.63) is 38.9 Å². The molecule has 22 heavy (non-hydrogen) atoms. The molecule has 1 saturated carbocycles. The molecule has 1 aliphatic rings.